The highest BCUT2D eigenvalue weighted by atomic mass is 35.5. The number of halogens is 1. The van der Waals surface area contributed by atoms with E-state index in [0.29, 0.717) is 13.2 Å². The van der Waals surface area contributed by atoms with Crippen molar-refractivity contribution < 1.29 is 9.53 Å². The quantitative estimate of drug-likeness (QED) is 0.875. The van der Waals surface area contributed by atoms with Crippen LogP contribution in [-0.2, 0) is 4.74 Å². The molecule has 0 saturated carbocycles. The van der Waals surface area contributed by atoms with E-state index >= 15 is 0 Å². The minimum absolute atomic E-state index is 0. The van der Waals surface area contributed by atoms with E-state index < -0.39 is 0 Å². The second-order valence-electron chi connectivity index (χ2n) is 5.28. The predicted octanol–water partition coefficient (Wildman–Crippen LogP) is 2.29. The summed E-state index contributed by atoms with van der Waals surface area (Å²) in [6.45, 7) is 6.33. The lowest BCUT2D eigenvalue weighted by Gasteiger charge is -2.28. The molecule has 1 aliphatic heterocycles. The van der Waals surface area contributed by atoms with Crippen LogP contribution in [0.25, 0.3) is 0 Å². The van der Waals surface area contributed by atoms with Gasteiger partial charge in [0.05, 0.1) is 17.0 Å². The Morgan fingerprint density at radius 1 is 1.55 bits per heavy atom. The number of aryl methyl sites for hydroxylation is 2. The standard InChI is InChI=1S/C14H22N2O2S.ClH/c1-10-7-12(19-11(10)2)13(17)15-8-14(9-18-3)5-4-6-16-14;/h7,16H,4-6,8-9H2,1-3H3,(H,15,17);1H. The maximum Gasteiger partial charge on any atom is 0.261 e. The Kier molecular flexibility index (Phi) is 6.45. The van der Waals surface area contributed by atoms with Crippen LogP contribution in [0.1, 0.15) is 33.0 Å². The van der Waals surface area contributed by atoms with Crippen molar-refractivity contribution in [2.45, 2.75) is 32.2 Å². The molecule has 1 atom stereocenters. The number of methoxy groups -OCH3 is 1. The fourth-order valence-electron chi connectivity index (χ4n) is 2.49. The smallest absolute Gasteiger partial charge is 0.261 e. The van der Waals surface area contributed by atoms with Crippen molar-refractivity contribution in [1.82, 2.24) is 10.6 Å². The molecular weight excluding hydrogens is 296 g/mol. The first kappa shape index (κ1) is 17.4. The number of rotatable bonds is 5. The van der Waals surface area contributed by atoms with Crippen LogP contribution in [0.2, 0.25) is 0 Å². The molecule has 0 radical (unpaired) electrons. The average Bonchev–Trinajstić information content (AvgIpc) is 2.96. The van der Waals surface area contributed by atoms with Gasteiger partial charge in [0.2, 0.25) is 0 Å². The molecule has 1 aromatic rings. The summed E-state index contributed by atoms with van der Waals surface area (Å²) in [6, 6.07) is 1.96. The molecule has 0 aromatic carbocycles. The molecule has 1 aliphatic rings. The summed E-state index contributed by atoms with van der Waals surface area (Å²) in [6.07, 6.45) is 2.18. The van der Waals surface area contributed by atoms with Crippen molar-refractivity contribution >= 4 is 29.7 Å². The monoisotopic (exact) mass is 318 g/mol. The molecule has 1 fully saturated rings. The van der Waals surface area contributed by atoms with Gasteiger partial charge in [-0.2, -0.15) is 0 Å². The van der Waals surface area contributed by atoms with Crippen LogP contribution in [-0.4, -0.2) is 38.3 Å². The van der Waals surface area contributed by atoms with Crippen molar-refractivity contribution in [3.63, 3.8) is 0 Å². The van der Waals surface area contributed by atoms with Crippen LogP contribution in [0.3, 0.4) is 0 Å². The van der Waals surface area contributed by atoms with Gasteiger partial charge in [0, 0.05) is 18.5 Å². The zero-order chi connectivity index (χ0) is 13.9. The number of carbonyl (C=O) groups excluding carboxylic acids is 1. The van der Waals surface area contributed by atoms with Crippen molar-refractivity contribution in [2.75, 3.05) is 26.8 Å². The van der Waals surface area contributed by atoms with Crippen molar-refractivity contribution in [3.8, 4) is 0 Å². The molecule has 6 heteroatoms. The SMILES string of the molecule is COCC1(CNC(=O)c2cc(C)c(C)s2)CCCN1.Cl. The van der Waals surface area contributed by atoms with Gasteiger partial charge in [0.15, 0.2) is 0 Å². The number of ether oxygens (including phenoxy) is 1. The van der Waals surface area contributed by atoms with E-state index in [1.54, 1.807) is 18.4 Å². The second-order valence-corrected chi connectivity index (χ2v) is 6.53. The first-order valence-corrected chi connectivity index (χ1v) is 7.47. The van der Waals surface area contributed by atoms with Crippen LogP contribution in [0.5, 0.6) is 0 Å². The van der Waals surface area contributed by atoms with Gasteiger partial charge in [-0.05, 0) is 44.9 Å². The summed E-state index contributed by atoms with van der Waals surface area (Å²) < 4.78 is 5.28. The number of hydrogen-bond donors (Lipinski definition) is 2. The number of carbonyl (C=O) groups is 1. The highest BCUT2D eigenvalue weighted by Crippen LogP contribution is 2.22. The van der Waals surface area contributed by atoms with Crippen LogP contribution in [0.15, 0.2) is 6.07 Å². The Bertz CT molecular complexity index is 437. The van der Waals surface area contributed by atoms with Gasteiger partial charge in [-0.3, -0.25) is 4.79 Å². The molecule has 0 spiro atoms. The normalized spacial score (nSPS) is 21.6. The zero-order valence-electron chi connectivity index (χ0n) is 12.2. The topological polar surface area (TPSA) is 50.4 Å². The largest absolute Gasteiger partial charge is 0.383 e. The van der Waals surface area contributed by atoms with E-state index in [0.717, 1.165) is 24.3 Å². The number of nitrogens with one attached hydrogen (secondary N) is 2. The van der Waals surface area contributed by atoms with Crippen LogP contribution in [0, 0.1) is 13.8 Å². The summed E-state index contributed by atoms with van der Waals surface area (Å²) >= 11 is 1.55. The van der Waals surface area contributed by atoms with E-state index in [1.165, 1.54) is 10.4 Å². The fraction of sp³-hybridized carbons (Fsp3) is 0.643. The first-order chi connectivity index (χ1) is 9.06. The summed E-state index contributed by atoms with van der Waals surface area (Å²) in [5, 5.41) is 6.49. The van der Waals surface area contributed by atoms with E-state index in [4.69, 9.17) is 4.74 Å². The van der Waals surface area contributed by atoms with E-state index in [2.05, 4.69) is 10.6 Å². The van der Waals surface area contributed by atoms with Gasteiger partial charge in [0.1, 0.15) is 0 Å². The van der Waals surface area contributed by atoms with Gasteiger partial charge < -0.3 is 15.4 Å². The highest BCUT2D eigenvalue weighted by molar-refractivity contribution is 7.14. The molecular formula is C14H23ClN2O2S. The Labute approximate surface area is 130 Å². The van der Waals surface area contributed by atoms with Crippen molar-refractivity contribution in [1.29, 1.82) is 0 Å². The van der Waals surface area contributed by atoms with Crippen molar-refractivity contribution in [3.05, 3.63) is 21.4 Å². The Hall–Kier alpha value is -0.620. The average molecular weight is 319 g/mol. The van der Waals surface area contributed by atoms with Gasteiger partial charge in [-0.25, -0.2) is 0 Å². The summed E-state index contributed by atoms with van der Waals surface area (Å²) in [5.41, 5.74) is 1.09. The van der Waals surface area contributed by atoms with E-state index in [9.17, 15) is 4.79 Å². The molecule has 1 aromatic heterocycles. The third kappa shape index (κ3) is 3.95. The Balaban J connectivity index is 0.00000200. The van der Waals surface area contributed by atoms with E-state index in [-0.39, 0.29) is 23.9 Å². The maximum atomic E-state index is 12.1. The Morgan fingerprint density at radius 2 is 2.30 bits per heavy atom. The van der Waals surface area contributed by atoms with Crippen LogP contribution < -0.4 is 10.6 Å². The lowest BCUT2D eigenvalue weighted by molar-refractivity contribution is 0.0896. The predicted molar refractivity (Wildman–Crippen MR) is 85.2 cm³/mol. The molecule has 114 valence electrons. The molecule has 0 aliphatic carbocycles. The minimum atomic E-state index is -0.0915. The molecule has 20 heavy (non-hydrogen) atoms. The van der Waals surface area contributed by atoms with Gasteiger partial charge in [0.25, 0.3) is 5.91 Å². The molecule has 2 N–H and O–H groups in total. The number of hydrogen-bond acceptors (Lipinski definition) is 4. The fourth-order valence-corrected chi connectivity index (χ4v) is 3.44. The lowest BCUT2D eigenvalue weighted by atomic mass is 9.98. The molecule has 1 amide bonds. The first-order valence-electron chi connectivity index (χ1n) is 6.65. The summed E-state index contributed by atoms with van der Waals surface area (Å²) in [4.78, 5) is 14.1. The molecule has 2 heterocycles. The molecule has 4 nitrogen and oxygen atoms in total. The van der Waals surface area contributed by atoms with E-state index in [1.807, 2.05) is 19.9 Å². The third-order valence-corrected chi connectivity index (χ3v) is 4.88. The van der Waals surface area contributed by atoms with Crippen molar-refractivity contribution in [2.24, 2.45) is 0 Å². The second kappa shape index (κ2) is 7.41. The molecule has 2 rings (SSSR count). The third-order valence-electron chi connectivity index (χ3n) is 3.73. The minimum Gasteiger partial charge on any atom is -0.383 e. The van der Waals surface area contributed by atoms with Gasteiger partial charge in [-0.15, -0.1) is 23.7 Å². The number of amides is 1. The van der Waals surface area contributed by atoms with Gasteiger partial charge >= 0.3 is 0 Å². The Morgan fingerprint density at radius 3 is 2.80 bits per heavy atom. The molecule has 1 unspecified atom stereocenters. The van der Waals surface area contributed by atoms with Gasteiger partial charge in [-0.1, -0.05) is 0 Å². The molecule has 0 bridgehead atoms. The maximum absolute atomic E-state index is 12.1. The zero-order valence-corrected chi connectivity index (χ0v) is 13.9. The lowest BCUT2D eigenvalue weighted by Crippen LogP contribution is -2.52. The summed E-state index contributed by atoms with van der Waals surface area (Å²) in [7, 11) is 1.70. The molecule has 1 saturated heterocycles. The van der Waals surface area contributed by atoms with Crippen LogP contribution in [0.4, 0.5) is 0 Å². The van der Waals surface area contributed by atoms with Crippen LogP contribution >= 0.6 is 23.7 Å². The summed E-state index contributed by atoms with van der Waals surface area (Å²) in [5.74, 6) is 0.0189. The highest BCUT2D eigenvalue weighted by Gasteiger charge is 2.33. The number of thiophene rings is 1.